The van der Waals surface area contributed by atoms with E-state index in [0.29, 0.717) is 6.54 Å². The fourth-order valence-corrected chi connectivity index (χ4v) is 1.15. The van der Waals surface area contributed by atoms with Crippen molar-refractivity contribution in [1.29, 1.82) is 0 Å². The Kier molecular flexibility index (Phi) is 4.17. The van der Waals surface area contributed by atoms with Crippen LogP contribution in [-0.4, -0.2) is 23.5 Å². The molecule has 0 fully saturated rings. The van der Waals surface area contributed by atoms with Gasteiger partial charge in [0.1, 0.15) is 0 Å². The molecule has 1 aromatic rings. The molecule has 1 heterocycles. The topological polar surface area (TPSA) is 68.0 Å². The molecule has 0 aliphatic rings. The summed E-state index contributed by atoms with van der Waals surface area (Å²) in [4.78, 5) is 15.1. The number of halogens is 1. The van der Waals surface area contributed by atoms with Crippen molar-refractivity contribution < 1.29 is 9.18 Å². The maximum Gasteiger partial charge on any atom is 0.254 e. The molecule has 0 aromatic carbocycles. The van der Waals surface area contributed by atoms with Gasteiger partial charge >= 0.3 is 0 Å². The van der Waals surface area contributed by atoms with Crippen molar-refractivity contribution in [2.45, 2.75) is 19.4 Å². The highest BCUT2D eigenvalue weighted by atomic mass is 19.1. The maximum absolute atomic E-state index is 13.1. The Balaban J connectivity index is 2.73. The van der Waals surface area contributed by atoms with Gasteiger partial charge in [-0.25, -0.2) is 4.39 Å². The smallest absolute Gasteiger partial charge is 0.254 e. The summed E-state index contributed by atoms with van der Waals surface area (Å²) in [5.41, 5.74) is 5.42. The number of rotatable bonds is 4. The van der Waals surface area contributed by atoms with Crippen molar-refractivity contribution in [2.24, 2.45) is 5.73 Å². The number of aromatic nitrogens is 1. The number of pyridine rings is 1. The monoisotopic (exact) mass is 211 g/mol. The number of carbonyl (C=O) groups is 1. The zero-order chi connectivity index (χ0) is 11.3. The van der Waals surface area contributed by atoms with Crippen LogP contribution in [0.5, 0.6) is 0 Å². The molecule has 0 saturated heterocycles. The first-order chi connectivity index (χ1) is 7.19. The van der Waals surface area contributed by atoms with Crippen LogP contribution in [0, 0.1) is 5.82 Å². The molecule has 15 heavy (non-hydrogen) atoms. The van der Waals surface area contributed by atoms with Crippen molar-refractivity contribution in [3.8, 4) is 0 Å². The molecule has 1 atom stereocenters. The Morgan fingerprint density at radius 3 is 3.00 bits per heavy atom. The molecule has 0 radical (unpaired) electrons. The van der Waals surface area contributed by atoms with E-state index >= 15 is 0 Å². The summed E-state index contributed by atoms with van der Waals surface area (Å²) in [5.74, 6) is -1.07. The summed E-state index contributed by atoms with van der Waals surface area (Å²) in [7, 11) is 0. The van der Waals surface area contributed by atoms with Gasteiger partial charge in [-0.2, -0.15) is 0 Å². The summed E-state index contributed by atoms with van der Waals surface area (Å²) in [5, 5.41) is 2.64. The number of carbonyl (C=O) groups excluding carboxylic acids is 1. The van der Waals surface area contributed by atoms with Gasteiger partial charge in [0.25, 0.3) is 5.91 Å². The molecule has 1 rings (SSSR count). The molecule has 0 aliphatic carbocycles. The first-order valence-electron chi connectivity index (χ1n) is 4.79. The number of nitrogens with two attached hydrogens (primary N) is 1. The second kappa shape index (κ2) is 5.41. The molecule has 0 aliphatic heterocycles. The normalized spacial score (nSPS) is 12.2. The van der Waals surface area contributed by atoms with E-state index in [1.165, 1.54) is 12.3 Å². The predicted octanol–water partition coefficient (Wildman–Crippen LogP) is 0.688. The summed E-state index contributed by atoms with van der Waals surface area (Å²) >= 11 is 0. The van der Waals surface area contributed by atoms with Gasteiger partial charge in [0, 0.05) is 18.8 Å². The predicted molar refractivity (Wildman–Crippen MR) is 54.8 cm³/mol. The van der Waals surface area contributed by atoms with E-state index in [4.69, 9.17) is 5.73 Å². The summed E-state index contributed by atoms with van der Waals surface area (Å²) < 4.78 is 13.1. The fraction of sp³-hybridized carbons (Fsp3) is 0.400. The first-order valence-corrected chi connectivity index (χ1v) is 4.79. The van der Waals surface area contributed by atoms with Crippen molar-refractivity contribution in [1.82, 2.24) is 10.3 Å². The van der Waals surface area contributed by atoms with Gasteiger partial charge in [0.2, 0.25) is 0 Å². The van der Waals surface area contributed by atoms with Gasteiger partial charge in [-0.05, 0) is 12.5 Å². The van der Waals surface area contributed by atoms with Gasteiger partial charge in [0.05, 0.1) is 11.8 Å². The second-order valence-electron chi connectivity index (χ2n) is 3.17. The van der Waals surface area contributed by atoms with E-state index in [-0.39, 0.29) is 11.6 Å². The first kappa shape index (κ1) is 11.6. The second-order valence-corrected chi connectivity index (χ2v) is 3.17. The molecular formula is C10H14FN3O. The molecule has 0 spiro atoms. The lowest BCUT2D eigenvalue weighted by atomic mass is 10.2. The van der Waals surface area contributed by atoms with Crippen LogP contribution in [0.4, 0.5) is 4.39 Å². The van der Waals surface area contributed by atoms with Gasteiger partial charge < -0.3 is 11.1 Å². The van der Waals surface area contributed by atoms with E-state index in [2.05, 4.69) is 10.3 Å². The highest BCUT2D eigenvalue weighted by molar-refractivity contribution is 5.94. The van der Waals surface area contributed by atoms with Gasteiger partial charge in [-0.1, -0.05) is 6.92 Å². The van der Waals surface area contributed by atoms with Crippen LogP contribution in [-0.2, 0) is 0 Å². The fourth-order valence-electron chi connectivity index (χ4n) is 1.15. The number of nitrogens with one attached hydrogen (secondary N) is 1. The third-order valence-corrected chi connectivity index (χ3v) is 2.13. The lowest BCUT2D eigenvalue weighted by Gasteiger charge is -2.14. The van der Waals surface area contributed by atoms with Crippen molar-refractivity contribution in [3.05, 3.63) is 29.8 Å². The number of hydrogen-bond donors (Lipinski definition) is 2. The number of hydrogen-bond acceptors (Lipinski definition) is 3. The molecule has 1 unspecified atom stereocenters. The lowest BCUT2D eigenvalue weighted by Crippen LogP contribution is -2.39. The molecule has 5 heteroatoms. The highest BCUT2D eigenvalue weighted by Gasteiger charge is 2.14. The van der Waals surface area contributed by atoms with E-state index < -0.39 is 11.7 Å². The van der Waals surface area contributed by atoms with E-state index in [1.807, 2.05) is 6.92 Å². The van der Waals surface area contributed by atoms with Crippen LogP contribution in [0.1, 0.15) is 23.7 Å². The molecule has 1 aromatic heterocycles. The third-order valence-electron chi connectivity index (χ3n) is 2.13. The van der Waals surface area contributed by atoms with Gasteiger partial charge in [-0.15, -0.1) is 0 Å². The largest absolute Gasteiger partial charge is 0.348 e. The van der Waals surface area contributed by atoms with Gasteiger partial charge in [-0.3, -0.25) is 9.78 Å². The summed E-state index contributed by atoms with van der Waals surface area (Å²) in [6, 6.07) is 1.22. The number of amides is 1. The molecule has 0 bridgehead atoms. The van der Waals surface area contributed by atoms with Crippen LogP contribution in [0.2, 0.25) is 0 Å². The molecule has 3 N–H and O–H groups in total. The summed E-state index contributed by atoms with van der Waals surface area (Å²) in [6.45, 7) is 2.25. The Hall–Kier alpha value is -1.49. The van der Waals surface area contributed by atoms with Gasteiger partial charge in [0.15, 0.2) is 5.82 Å². The minimum Gasteiger partial charge on any atom is -0.348 e. The SMILES string of the molecule is CCC(CN)NC(=O)c1ccncc1F. The Bertz CT molecular complexity index is 339. The Morgan fingerprint density at radius 1 is 1.73 bits per heavy atom. The average molecular weight is 211 g/mol. The zero-order valence-electron chi connectivity index (χ0n) is 8.53. The zero-order valence-corrected chi connectivity index (χ0v) is 8.53. The standard InChI is InChI=1S/C10H14FN3O/c1-2-7(5-12)14-10(15)8-3-4-13-6-9(8)11/h3-4,6-7H,2,5,12H2,1H3,(H,14,15). The third kappa shape index (κ3) is 2.99. The van der Waals surface area contributed by atoms with Crippen molar-refractivity contribution >= 4 is 5.91 Å². The van der Waals surface area contributed by atoms with Crippen LogP contribution < -0.4 is 11.1 Å². The van der Waals surface area contributed by atoms with Crippen LogP contribution >= 0.6 is 0 Å². The van der Waals surface area contributed by atoms with E-state index in [9.17, 15) is 9.18 Å². The Morgan fingerprint density at radius 2 is 2.47 bits per heavy atom. The quantitative estimate of drug-likeness (QED) is 0.769. The minimum atomic E-state index is -0.623. The Labute approximate surface area is 87.7 Å². The highest BCUT2D eigenvalue weighted by Crippen LogP contribution is 2.04. The van der Waals surface area contributed by atoms with E-state index in [1.54, 1.807) is 0 Å². The number of nitrogens with zero attached hydrogens (tertiary/aromatic N) is 1. The van der Waals surface area contributed by atoms with Crippen molar-refractivity contribution in [3.63, 3.8) is 0 Å². The van der Waals surface area contributed by atoms with Crippen LogP contribution in [0.25, 0.3) is 0 Å². The maximum atomic E-state index is 13.1. The molecule has 4 nitrogen and oxygen atoms in total. The average Bonchev–Trinajstić information content (AvgIpc) is 2.26. The lowest BCUT2D eigenvalue weighted by molar-refractivity contribution is 0.0933. The summed E-state index contributed by atoms with van der Waals surface area (Å²) in [6.07, 6.45) is 3.11. The van der Waals surface area contributed by atoms with E-state index in [0.717, 1.165) is 12.6 Å². The molecule has 0 saturated carbocycles. The molecule has 82 valence electrons. The minimum absolute atomic E-state index is 0.00287. The van der Waals surface area contributed by atoms with Crippen molar-refractivity contribution in [2.75, 3.05) is 6.54 Å². The molecular weight excluding hydrogens is 197 g/mol. The van der Waals surface area contributed by atoms with Crippen LogP contribution in [0.15, 0.2) is 18.5 Å². The van der Waals surface area contributed by atoms with Crippen LogP contribution in [0.3, 0.4) is 0 Å². The molecule has 1 amide bonds.